The number of sulfonamides is 1. The summed E-state index contributed by atoms with van der Waals surface area (Å²) in [5, 5.41) is 29.6. The highest BCUT2D eigenvalue weighted by Crippen LogP contribution is 2.50. The number of phenolic OH excluding ortho intramolecular Hbond substituents is 2. The van der Waals surface area contributed by atoms with E-state index < -0.39 is 33.2 Å². The summed E-state index contributed by atoms with van der Waals surface area (Å²) in [6.07, 6.45) is -0.668. The Labute approximate surface area is 179 Å². The Morgan fingerprint density at radius 2 is 1.65 bits per heavy atom. The summed E-state index contributed by atoms with van der Waals surface area (Å²) in [4.78, 5) is 0. The number of anilines is 1. The van der Waals surface area contributed by atoms with Gasteiger partial charge in [0.05, 0.1) is 17.8 Å². The van der Waals surface area contributed by atoms with Gasteiger partial charge in [-0.05, 0) is 54.8 Å². The lowest BCUT2D eigenvalue weighted by molar-refractivity contribution is 0.162. The lowest BCUT2D eigenvalue weighted by Crippen LogP contribution is -2.58. The normalized spacial score (nSPS) is 20.8. The van der Waals surface area contributed by atoms with Crippen molar-refractivity contribution in [3.05, 3.63) is 89.7 Å². The molecule has 3 unspecified atom stereocenters. The van der Waals surface area contributed by atoms with Crippen molar-refractivity contribution in [2.75, 3.05) is 4.31 Å². The molecular formula is C23H22FNO5S. The summed E-state index contributed by atoms with van der Waals surface area (Å²) in [7, 11) is -3.74. The molecule has 3 aromatic rings. The van der Waals surface area contributed by atoms with Crippen molar-refractivity contribution in [2.45, 2.75) is 30.2 Å². The van der Waals surface area contributed by atoms with Gasteiger partial charge in [-0.1, -0.05) is 30.3 Å². The zero-order valence-electron chi connectivity index (χ0n) is 16.5. The van der Waals surface area contributed by atoms with Crippen molar-refractivity contribution in [2.24, 2.45) is 0 Å². The molecule has 162 valence electrons. The Bertz CT molecular complexity index is 1170. The lowest BCUT2D eigenvalue weighted by Gasteiger charge is -2.48. The van der Waals surface area contributed by atoms with Crippen LogP contribution >= 0.6 is 0 Å². The third kappa shape index (κ3) is 3.96. The fourth-order valence-electron chi connectivity index (χ4n) is 4.03. The number of para-hydroxylation sites is 1. The number of halogens is 1. The highest BCUT2D eigenvalue weighted by Gasteiger charge is 2.54. The van der Waals surface area contributed by atoms with Crippen LogP contribution in [0.1, 0.15) is 36.1 Å². The third-order valence-electron chi connectivity index (χ3n) is 5.58. The zero-order valence-corrected chi connectivity index (χ0v) is 17.3. The molecule has 3 atom stereocenters. The van der Waals surface area contributed by atoms with Crippen LogP contribution in [0.2, 0.25) is 0 Å². The number of benzene rings is 3. The number of aliphatic hydroxyl groups is 1. The van der Waals surface area contributed by atoms with E-state index in [4.69, 9.17) is 0 Å². The van der Waals surface area contributed by atoms with Gasteiger partial charge in [0.1, 0.15) is 22.6 Å². The smallest absolute Gasteiger partial charge is 0.241 e. The molecular weight excluding hydrogens is 421 g/mol. The molecule has 0 aromatic heterocycles. The summed E-state index contributed by atoms with van der Waals surface area (Å²) in [5.41, 5.74) is 1.34. The van der Waals surface area contributed by atoms with Gasteiger partial charge in [0.2, 0.25) is 10.0 Å². The first-order chi connectivity index (χ1) is 14.8. The minimum Gasteiger partial charge on any atom is -0.508 e. The molecule has 1 fully saturated rings. The van der Waals surface area contributed by atoms with E-state index in [1.807, 2.05) is 0 Å². The molecule has 0 amide bonds. The molecule has 0 radical (unpaired) electrons. The van der Waals surface area contributed by atoms with Crippen molar-refractivity contribution >= 4 is 15.7 Å². The second kappa shape index (κ2) is 8.20. The highest BCUT2D eigenvalue weighted by atomic mass is 32.2. The van der Waals surface area contributed by atoms with Gasteiger partial charge in [0.25, 0.3) is 0 Å². The number of aliphatic hydroxyl groups excluding tert-OH is 1. The number of aromatic hydroxyl groups is 2. The molecule has 0 bridgehead atoms. The van der Waals surface area contributed by atoms with Crippen LogP contribution < -0.4 is 4.31 Å². The van der Waals surface area contributed by atoms with E-state index in [2.05, 4.69) is 0 Å². The first-order valence-corrected chi connectivity index (χ1v) is 11.3. The molecule has 3 N–H and O–H groups in total. The SMILES string of the molecule is O=S1(=O)C(CCC(O)c2ccc(F)cc2)C(c2ccc(O)cc2O)N1c1ccccc1. The summed E-state index contributed by atoms with van der Waals surface area (Å²) in [6.45, 7) is 0. The second-order valence-corrected chi connectivity index (χ2v) is 9.58. The van der Waals surface area contributed by atoms with Crippen molar-refractivity contribution in [3.63, 3.8) is 0 Å². The molecule has 1 heterocycles. The molecule has 8 heteroatoms. The first kappa shape index (κ1) is 21.1. The van der Waals surface area contributed by atoms with E-state index in [1.54, 1.807) is 30.3 Å². The van der Waals surface area contributed by atoms with Crippen LogP contribution in [0.15, 0.2) is 72.8 Å². The van der Waals surface area contributed by atoms with Crippen molar-refractivity contribution < 1.29 is 28.1 Å². The maximum atomic E-state index is 13.2. The van der Waals surface area contributed by atoms with Crippen LogP contribution in [0, 0.1) is 5.82 Å². The van der Waals surface area contributed by atoms with Gasteiger partial charge in [-0.3, -0.25) is 4.31 Å². The van der Waals surface area contributed by atoms with Crippen LogP contribution in [-0.2, 0) is 10.0 Å². The van der Waals surface area contributed by atoms with E-state index >= 15 is 0 Å². The maximum Gasteiger partial charge on any atom is 0.241 e. The Hall–Kier alpha value is -3.10. The molecule has 1 saturated heterocycles. The van der Waals surface area contributed by atoms with Crippen LogP contribution in [0.5, 0.6) is 11.5 Å². The zero-order chi connectivity index (χ0) is 22.2. The molecule has 1 aliphatic rings. The highest BCUT2D eigenvalue weighted by molar-refractivity contribution is 7.95. The van der Waals surface area contributed by atoms with Crippen molar-refractivity contribution in [1.82, 2.24) is 0 Å². The average Bonchev–Trinajstić information content (AvgIpc) is 2.74. The van der Waals surface area contributed by atoms with E-state index in [1.165, 1.54) is 46.8 Å². The van der Waals surface area contributed by atoms with Gasteiger partial charge in [-0.15, -0.1) is 0 Å². The predicted octanol–water partition coefficient (Wildman–Crippen LogP) is 4.01. The van der Waals surface area contributed by atoms with Gasteiger partial charge >= 0.3 is 0 Å². The number of nitrogens with zero attached hydrogens (tertiary/aromatic N) is 1. The minimum absolute atomic E-state index is 0.127. The molecule has 1 aliphatic heterocycles. The Morgan fingerprint density at radius 3 is 2.29 bits per heavy atom. The minimum atomic E-state index is -3.74. The maximum absolute atomic E-state index is 13.2. The van der Waals surface area contributed by atoms with Crippen LogP contribution in [0.4, 0.5) is 10.1 Å². The Kier molecular flexibility index (Phi) is 5.60. The quantitative estimate of drug-likeness (QED) is 0.535. The van der Waals surface area contributed by atoms with Gasteiger partial charge in [-0.2, -0.15) is 0 Å². The number of hydrogen-bond acceptors (Lipinski definition) is 5. The van der Waals surface area contributed by atoms with Crippen molar-refractivity contribution in [1.29, 1.82) is 0 Å². The average molecular weight is 443 g/mol. The summed E-state index contributed by atoms with van der Waals surface area (Å²) in [5.74, 6) is -0.748. The summed E-state index contributed by atoms with van der Waals surface area (Å²) < 4.78 is 40.7. The van der Waals surface area contributed by atoms with E-state index in [-0.39, 0.29) is 24.3 Å². The monoisotopic (exact) mass is 443 g/mol. The van der Waals surface area contributed by atoms with Crippen molar-refractivity contribution in [3.8, 4) is 11.5 Å². The van der Waals surface area contributed by atoms with Crippen LogP contribution in [0.25, 0.3) is 0 Å². The third-order valence-corrected chi connectivity index (χ3v) is 7.83. The van der Waals surface area contributed by atoms with E-state index in [0.29, 0.717) is 16.8 Å². The van der Waals surface area contributed by atoms with Gasteiger partial charge < -0.3 is 15.3 Å². The molecule has 0 aliphatic carbocycles. The second-order valence-electron chi connectivity index (χ2n) is 7.55. The number of phenols is 2. The molecule has 31 heavy (non-hydrogen) atoms. The number of rotatable bonds is 6. The topological polar surface area (TPSA) is 98.1 Å². The molecule has 4 rings (SSSR count). The van der Waals surface area contributed by atoms with Crippen LogP contribution in [-0.4, -0.2) is 29.0 Å². The summed E-state index contributed by atoms with van der Waals surface area (Å²) >= 11 is 0. The fourth-order valence-corrected chi connectivity index (χ4v) is 6.15. The van der Waals surface area contributed by atoms with E-state index in [9.17, 15) is 28.1 Å². The van der Waals surface area contributed by atoms with Crippen LogP contribution in [0.3, 0.4) is 0 Å². The summed E-state index contributed by atoms with van der Waals surface area (Å²) in [6, 6.07) is 17.4. The molecule has 3 aromatic carbocycles. The number of hydrogen-bond donors (Lipinski definition) is 3. The molecule has 6 nitrogen and oxygen atoms in total. The predicted molar refractivity (Wildman–Crippen MR) is 115 cm³/mol. The van der Waals surface area contributed by atoms with E-state index in [0.717, 1.165) is 0 Å². The molecule has 0 spiro atoms. The Morgan fingerprint density at radius 1 is 0.968 bits per heavy atom. The lowest BCUT2D eigenvalue weighted by atomic mass is 9.95. The standard InChI is InChI=1S/C23H22FNO5S/c24-16-8-6-15(7-9-16)20(27)12-13-22-23(19-11-10-18(26)14-21(19)28)25(31(22,29)30)17-4-2-1-3-5-17/h1-11,14,20,22-23,26-28H,12-13H2. The fraction of sp³-hybridized carbons (Fsp3) is 0.217. The largest absolute Gasteiger partial charge is 0.508 e. The Balaban J connectivity index is 1.64. The van der Waals surface area contributed by atoms with Gasteiger partial charge in [0.15, 0.2) is 0 Å². The van der Waals surface area contributed by atoms with Gasteiger partial charge in [-0.25, -0.2) is 12.8 Å². The first-order valence-electron chi connectivity index (χ1n) is 9.83. The van der Waals surface area contributed by atoms with Gasteiger partial charge in [0, 0.05) is 11.6 Å². The molecule has 0 saturated carbocycles.